The maximum atomic E-state index is 13.1. The third-order valence-electron chi connectivity index (χ3n) is 6.45. The fraction of sp³-hybridized carbons (Fsp3) is 0.560. The van der Waals surface area contributed by atoms with Crippen LogP contribution in [0.2, 0.25) is 0 Å². The number of alkyl halides is 2. The Bertz CT molecular complexity index is 984. The monoisotopic (exact) mass is 470 g/mol. The summed E-state index contributed by atoms with van der Waals surface area (Å²) in [6.45, 7) is 5.52. The van der Waals surface area contributed by atoms with Crippen molar-refractivity contribution in [2.75, 3.05) is 19.8 Å². The predicted molar refractivity (Wildman–Crippen MR) is 125 cm³/mol. The van der Waals surface area contributed by atoms with Crippen LogP contribution in [0.15, 0.2) is 30.4 Å². The van der Waals surface area contributed by atoms with Crippen LogP contribution in [0.3, 0.4) is 0 Å². The molecule has 0 radical (unpaired) electrons. The lowest BCUT2D eigenvalue weighted by molar-refractivity contribution is -0.0482. The Morgan fingerprint density at radius 3 is 2.09 bits per heavy atom. The molecule has 3 heterocycles. The Morgan fingerprint density at radius 2 is 1.59 bits per heavy atom. The number of nitriles is 1. The highest BCUT2D eigenvalue weighted by molar-refractivity contribution is 5.78. The number of nitrogens with two attached hydrogens (primary N) is 1. The molecule has 0 aromatic carbocycles. The second kappa shape index (κ2) is 12.0. The summed E-state index contributed by atoms with van der Waals surface area (Å²) in [5.41, 5.74) is 9.44. The van der Waals surface area contributed by atoms with Crippen molar-refractivity contribution in [1.29, 1.82) is 5.26 Å². The molecule has 34 heavy (non-hydrogen) atoms. The summed E-state index contributed by atoms with van der Waals surface area (Å²) in [5.74, 6) is -0.732. The lowest BCUT2D eigenvalue weighted by Gasteiger charge is -2.33. The van der Waals surface area contributed by atoms with E-state index in [1.165, 1.54) is 0 Å². The van der Waals surface area contributed by atoms with Crippen molar-refractivity contribution in [2.45, 2.75) is 64.2 Å². The lowest BCUT2D eigenvalue weighted by Crippen LogP contribution is -2.30. The largest absolute Gasteiger partial charge is 0.381 e. The number of aromatic nitrogens is 4. The Kier molecular flexibility index (Phi) is 9.13. The Labute approximate surface area is 199 Å². The van der Waals surface area contributed by atoms with E-state index in [2.05, 4.69) is 26.0 Å². The molecule has 9 heteroatoms. The summed E-state index contributed by atoms with van der Waals surface area (Å²) in [7, 11) is 0. The SMILES string of the molecule is Cc1ncc(C(C#N)=C2CCOCC2)cn1.Cc1ncc(C(CN)C2CCC(F)(F)CC2)cn1. The van der Waals surface area contributed by atoms with Crippen LogP contribution in [-0.2, 0) is 4.74 Å². The highest BCUT2D eigenvalue weighted by atomic mass is 19.3. The van der Waals surface area contributed by atoms with Crippen molar-refractivity contribution in [2.24, 2.45) is 11.7 Å². The molecule has 2 aromatic heterocycles. The second-order valence-corrected chi connectivity index (χ2v) is 8.82. The first-order chi connectivity index (χ1) is 16.3. The van der Waals surface area contributed by atoms with Gasteiger partial charge >= 0.3 is 0 Å². The molecule has 0 spiro atoms. The van der Waals surface area contributed by atoms with Crippen LogP contribution in [0.4, 0.5) is 8.78 Å². The summed E-state index contributed by atoms with van der Waals surface area (Å²) in [4.78, 5) is 16.5. The van der Waals surface area contributed by atoms with Crippen LogP contribution in [0, 0.1) is 31.1 Å². The van der Waals surface area contributed by atoms with Gasteiger partial charge in [-0.3, -0.25) is 0 Å². The number of aryl methyl sites for hydroxylation is 2. The predicted octanol–water partition coefficient (Wildman–Crippen LogP) is 4.53. The van der Waals surface area contributed by atoms with Crippen molar-refractivity contribution in [1.82, 2.24) is 19.9 Å². The molecule has 1 aliphatic heterocycles. The Balaban J connectivity index is 0.000000192. The van der Waals surface area contributed by atoms with Crippen LogP contribution >= 0.6 is 0 Å². The van der Waals surface area contributed by atoms with E-state index in [-0.39, 0.29) is 24.7 Å². The van der Waals surface area contributed by atoms with Gasteiger partial charge in [-0.2, -0.15) is 5.26 Å². The zero-order valence-corrected chi connectivity index (χ0v) is 19.8. The molecule has 1 saturated carbocycles. The van der Waals surface area contributed by atoms with Gasteiger partial charge < -0.3 is 10.5 Å². The molecule has 0 bridgehead atoms. The van der Waals surface area contributed by atoms with Crippen molar-refractivity contribution >= 4 is 5.57 Å². The smallest absolute Gasteiger partial charge is 0.248 e. The first kappa shape index (κ1) is 25.8. The topological polar surface area (TPSA) is 111 Å². The molecule has 4 rings (SSSR count). The third kappa shape index (κ3) is 7.08. The van der Waals surface area contributed by atoms with Gasteiger partial charge in [0.1, 0.15) is 11.6 Å². The first-order valence-electron chi connectivity index (χ1n) is 11.7. The van der Waals surface area contributed by atoms with Gasteiger partial charge in [-0.25, -0.2) is 28.7 Å². The molecule has 182 valence electrons. The molecule has 0 amide bonds. The summed E-state index contributed by atoms with van der Waals surface area (Å²) >= 11 is 0. The number of halogens is 2. The molecule has 1 saturated heterocycles. The highest BCUT2D eigenvalue weighted by Gasteiger charge is 2.37. The maximum absolute atomic E-state index is 13.1. The summed E-state index contributed by atoms with van der Waals surface area (Å²) in [6, 6.07) is 2.25. The van der Waals surface area contributed by atoms with Crippen molar-refractivity contribution in [3.05, 3.63) is 53.1 Å². The van der Waals surface area contributed by atoms with E-state index in [1.54, 1.807) is 24.8 Å². The van der Waals surface area contributed by atoms with E-state index < -0.39 is 5.92 Å². The van der Waals surface area contributed by atoms with Gasteiger partial charge in [-0.15, -0.1) is 0 Å². The fourth-order valence-corrected chi connectivity index (χ4v) is 4.40. The molecule has 1 unspecified atom stereocenters. The van der Waals surface area contributed by atoms with Crippen molar-refractivity contribution < 1.29 is 13.5 Å². The lowest BCUT2D eigenvalue weighted by atomic mass is 9.76. The normalized spacial score (nSPS) is 18.9. The summed E-state index contributed by atoms with van der Waals surface area (Å²) in [5, 5.41) is 9.20. The Hall–Kier alpha value is -2.83. The number of rotatable bonds is 4. The second-order valence-electron chi connectivity index (χ2n) is 8.82. The van der Waals surface area contributed by atoms with E-state index in [0.29, 0.717) is 44.0 Å². The van der Waals surface area contributed by atoms with Gasteiger partial charge in [0.2, 0.25) is 5.92 Å². The van der Waals surface area contributed by atoms with E-state index in [1.807, 2.05) is 13.8 Å². The quantitative estimate of drug-likeness (QED) is 0.654. The number of ether oxygens (including phenoxy) is 1. The molecule has 7 nitrogen and oxygen atoms in total. The zero-order chi connectivity index (χ0) is 24.6. The van der Waals surface area contributed by atoms with Gasteiger partial charge in [0.25, 0.3) is 0 Å². The molecule has 2 aromatic rings. The van der Waals surface area contributed by atoms with Gasteiger partial charge in [0.05, 0.1) is 24.9 Å². The summed E-state index contributed by atoms with van der Waals surface area (Å²) < 4.78 is 31.6. The average Bonchev–Trinajstić information content (AvgIpc) is 2.84. The minimum Gasteiger partial charge on any atom is -0.381 e. The van der Waals surface area contributed by atoms with Crippen LogP contribution < -0.4 is 5.73 Å². The molecular weight excluding hydrogens is 438 g/mol. The number of allylic oxidation sites excluding steroid dienone is 1. The molecular formula is C25H32F2N6O. The number of hydrogen-bond acceptors (Lipinski definition) is 7. The first-order valence-corrected chi connectivity index (χ1v) is 11.7. The standard InChI is InChI=1S/C13H19F2N3.C12H13N3O/c1-9-17-7-11(8-18-9)12(6-16)10-2-4-13(14,15)5-3-10;1-9-14-7-11(8-15-9)12(6-13)10-2-4-16-5-3-10/h7-8,10,12H,2-6,16H2,1H3;7-8H,2-5H2,1H3. The summed E-state index contributed by atoms with van der Waals surface area (Å²) in [6.07, 6.45) is 9.63. The van der Waals surface area contributed by atoms with E-state index >= 15 is 0 Å². The van der Waals surface area contributed by atoms with Crippen molar-refractivity contribution in [3.63, 3.8) is 0 Å². The minimum atomic E-state index is -2.49. The number of hydrogen-bond donors (Lipinski definition) is 1. The van der Waals surface area contributed by atoms with Gasteiger partial charge in [0, 0.05) is 49.1 Å². The Morgan fingerprint density at radius 1 is 1.06 bits per heavy atom. The van der Waals surface area contributed by atoms with Gasteiger partial charge in [0.15, 0.2) is 0 Å². The van der Waals surface area contributed by atoms with Crippen molar-refractivity contribution in [3.8, 4) is 6.07 Å². The van der Waals surface area contributed by atoms with Crippen LogP contribution in [-0.4, -0.2) is 45.6 Å². The van der Waals surface area contributed by atoms with Gasteiger partial charge in [-0.05, 0) is 63.1 Å². The van der Waals surface area contributed by atoms with Gasteiger partial charge in [-0.1, -0.05) is 0 Å². The maximum Gasteiger partial charge on any atom is 0.248 e. The number of nitrogens with zero attached hydrogens (tertiary/aromatic N) is 5. The minimum absolute atomic E-state index is 0.0269. The van der Waals surface area contributed by atoms with E-state index in [0.717, 1.165) is 35.4 Å². The molecule has 1 aliphatic carbocycles. The van der Waals surface area contributed by atoms with Crippen LogP contribution in [0.5, 0.6) is 0 Å². The molecule has 2 fully saturated rings. The average molecular weight is 471 g/mol. The van der Waals surface area contributed by atoms with E-state index in [9.17, 15) is 14.0 Å². The van der Waals surface area contributed by atoms with Crippen LogP contribution in [0.25, 0.3) is 5.57 Å². The van der Waals surface area contributed by atoms with E-state index in [4.69, 9.17) is 10.5 Å². The molecule has 2 aliphatic rings. The molecule has 2 N–H and O–H groups in total. The third-order valence-corrected chi connectivity index (χ3v) is 6.45. The zero-order valence-electron chi connectivity index (χ0n) is 19.8. The van der Waals surface area contributed by atoms with Crippen LogP contribution in [0.1, 0.15) is 67.2 Å². The molecule has 1 atom stereocenters. The fourth-order valence-electron chi connectivity index (χ4n) is 4.40. The highest BCUT2D eigenvalue weighted by Crippen LogP contribution is 2.41.